The fourth-order valence-corrected chi connectivity index (χ4v) is 4.95. The Morgan fingerprint density at radius 1 is 0.750 bits per heavy atom. The molecule has 1 saturated heterocycles. The Hall–Kier alpha value is -5.25. The molecule has 4 amide bonds. The number of urea groups is 1. The number of piperazine rings is 1. The van der Waals surface area contributed by atoms with Crippen LogP contribution in [-0.2, 0) is 11.3 Å². The van der Waals surface area contributed by atoms with Crippen LogP contribution >= 0.6 is 0 Å². The van der Waals surface area contributed by atoms with Gasteiger partial charge in [0.2, 0.25) is 5.91 Å². The smallest absolute Gasteiger partial charge is 0.321 e. The number of rotatable bonds is 8. The van der Waals surface area contributed by atoms with Crippen LogP contribution < -0.4 is 15.5 Å². The van der Waals surface area contributed by atoms with Crippen molar-refractivity contribution in [2.45, 2.75) is 13.5 Å². The third-order valence-corrected chi connectivity index (χ3v) is 7.40. The van der Waals surface area contributed by atoms with E-state index >= 15 is 0 Å². The first kappa shape index (κ1) is 30.2. The lowest BCUT2D eigenvalue weighted by Gasteiger charge is -2.36. The van der Waals surface area contributed by atoms with Gasteiger partial charge in [0.15, 0.2) is 0 Å². The average Bonchev–Trinajstić information content (AvgIpc) is 3.03. The number of nitrogens with one attached hydrogen (secondary N) is 2. The summed E-state index contributed by atoms with van der Waals surface area (Å²) in [6.07, 6.45) is 0. The van der Waals surface area contributed by atoms with Gasteiger partial charge < -0.3 is 25.3 Å². The summed E-state index contributed by atoms with van der Waals surface area (Å²) in [5, 5.41) is 5.74. The summed E-state index contributed by atoms with van der Waals surface area (Å²) < 4.78 is 27.8. The minimum Gasteiger partial charge on any atom is -0.368 e. The van der Waals surface area contributed by atoms with Crippen molar-refractivity contribution < 1.29 is 23.2 Å². The van der Waals surface area contributed by atoms with Gasteiger partial charge in [0.25, 0.3) is 5.91 Å². The van der Waals surface area contributed by atoms with Crippen LogP contribution in [0.2, 0.25) is 0 Å². The number of hydrogen-bond donors (Lipinski definition) is 2. The lowest BCUT2D eigenvalue weighted by molar-refractivity contribution is -0.117. The van der Waals surface area contributed by atoms with Crippen LogP contribution in [0, 0.1) is 18.6 Å². The molecule has 0 unspecified atom stereocenters. The third kappa shape index (κ3) is 7.77. The van der Waals surface area contributed by atoms with E-state index in [0.29, 0.717) is 37.4 Å². The van der Waals surface area contributed by atoms with E-state index in [9.17, 15) is 23.2 Å². The highest BCUT2D eigenvalue weighted by Gasteiger charge is 2.23. The van der Waals surface area contributed by atoms with Crippen LogP contribution in [-0.4, -0.2) is 60.4 Å². The zero-order valence-corrected chi connectivity index (χ0v) is 24.3. The first-order chi connectivity index (χ1) is 21.2. The molecule has 1 heterocycles. The topological polar surface area (TPSA) is 85.0 Å². The Kier molecular flexibility index (Phi) is 9.49. The summed E-state index contributed by atoms with van der Waals surface area (Å²) in [6, 6.07) is 26.0. The van der Waals surface area contributed by atoms with E-state index in [2.05, 4.69) is 15.5 Å². The second-order valence-electron chi connectivity index (χ2n) is 10.6. The Morgan fingerprint density at radius 3 is 2.02 bits per heavy atom. The van der Waals surface area contributed by atoms with E-state index < -0.39 is 23.4 Å². The number of carbonyl (C=O) groups is 3. The molecule has 4 aromatic carbocycles. The van der Waals surface area contributed by atoms with Crippen LogP contribution in [0.15, 0.2) is 97.1 Å². The van der Waals surface area contributed by atoms with E-state index in [-0.39, 0.29) is 24.7 Å². The van der Waals surface area contributed by atoms with Crippen molar-refractivity contribution in [2.24, 2.45) is 0 Å². The van der Waals surface area contributed by atoms with Gasteiger partial charge in [-0.3, -0.25) is 9.59 Å². The fraction of sp³-hybridized carbons (Fsp3) is 0.206. The maximum Gasteiger partial charge on any atom is 0.321 e. The molecule has 1 aliphatic rings. The minimum atomic E-state index is -0.690. The van der Waals surface area contributed by atoms with E-state index in [1.165, 1.54) is 47.4 Å². The Bertz CT molecular complexity index is 1600. The highest BCUT2D eigenvalue weighted by molar-refractivity contribution is 5.99. The molecule has 2 N–H and O–H groups in total. The molecule has 4 aromatic rings. The predicted molar refractivity (Wildman–Crippen MR) is 167 cm³/mol. The largest absolute Gasteiger partial charge is 0.368 e. The molecule has 0 saturated carbocycles. The van der Waals surface area contributed by atoms with Crippen molar-refractivity contribution in [1.29, 1.82) is 0 Å². The molecule has 44 heavy (non-hydrogen) atoms. The SMILES string of the molecule is Cc1ccc(NC(=O)N2CCN(c3ccc(NC(=O)CN(Cc4ccc(F)cc4)C(=O)c4ccccc4F)cc3)CC2)cc1. The molecule has 0 spiro atoms. The van der Waals surface area contributed by atoms with E-state index in [1.54, 1.807) is 23.1 Å². The van der Waals surface area contributed by atoms with Crippen LogP contribution in [0.1, 0.15) is 21.5 Å². The predicted octanol–water partition coefficient (Wildman–Crippen LogP) is 5.91. The van der Waals surface area contributed by atoms with Crippen molar-refractivity contribution in [3.8, 4) is 0 Å². The average molecular weight is 598 g/mol. The summed E-state index contributed by atoms with van der Waals surface area (Å²) in [5.74, 6) is -2.22. The van der Waals surface area contributed by atoms with Gasteiger partial charge in [0.1, 0.15) is 18.2 Å². The number of nitrogens with zero attached hydrogens (tertiary/aromatic N) is 3. The number of halogens is 2. The maximum atomic E-state index is 14.4. The standard InChI is InChI=1S/C34H33F2N5O3/c1-24-6-12-28(13-7-24)38-34(44)40-20-18-39(19-21-40)29-16-14-27(15-17-29)37-32(42)23-41(22-25-8-10-26(35)11-9-25)33(43)30-4-2-3-5-31(30)36/h2-17H,18-23H2,1H3,(H,37,42)(H,38,44). The molecule has 1 fully saturated rings. The molecule has 0 aliphatic carbocycles. The van der Waals surface area contributed by atoms with E-state index in [0.717, 1.165) is 16.9 Å². The number of carbonyl (C=O) groups excluding carboxylic acids is 3. The Balaban J connectivity index is 1.17. The van der Waals surface area contributed by atoms with Gasteiger partial charge in [-0.05, 0) is 73.2 Å². The van der Waals surface area contributed by atoms with Gasteiger partial charge in [-0.25, -0.2) is 13.6 Å². The molecule has 0 radical (unpaired) electrons. The second-order valence-corrected chi connectivity index (χ2v) is 10.6. The monoisotopic (exact) mass is 597 g/mol. The summed E-state index contributed by atoms with van der Waals surface area (Å²) in [6.45, 7) is 4.10. The molecule has 0 bridgehead atoms. The van der Waals surface area contributed by atoms with Crippen molar-refractivity contribution in [1.82, 2.24) is 9.80 Å². The van der Waals surface area contributed by atoms with Gasteiger partial charge in [-0.2, -0.15) is 0 Å². The number of benzene rings is 4. The van der Waals surface area contributed by atoms with Gasteiger partial charge in [-0.15, -0.1) is 0 Å². The summed E-state index contributed by atoms with van der Waals surface area (Å²) in [4.78, 5) is 44.1. The lowest BCUT2D eigenvalue weighted by Crippen LogP contribution is -2.50. The molecular weight excluding hydrogens is 564 g/mol. The van der Waals surface area contributed by atoms with Crippen molar-refractivity contribution in [3.05, 3.63) is 125 Å². The molecule has 0 aromatic heterocycles. The zero-order chi connectivity index (χ0) is 31.1. The first-order valence-electron chi connectivity index (χ1n) is 14.3. The molecule has 10 heteroatoms. The van der Waals surface area contributed by atoms with Crippen LogP contribution in [0.5, 0.6) is 0 Å². The van der Waals surface area contributed by atoms with Gasteiger partial charge in [0.05, 0.1) is 5.56 Å². The molecule has 8 nitrogen and oxygen atoms in total. The summed E-state index contributed by atoms with van der Waals surface area (Å²) in [7, 11) is 0. The van der Waals surface area contributed by atoms with E-state index in [1.807, 2.05) is 43.3 Å². The Morgan fingerprint density at radius 2 is 1.36 bits per heavy atom. The molecule has 0 atom stereocenters. The number of hydrogen-bond acceptors (Lipinski definition) is 4. The number of anilines is 3. The third-order valence-electron chi connectivity index (χ3n) is 7.40. The molecular formula is C34H33F2N5O3. The molecule has 5 rings (SSSR count). The van der Waals surface area contributed by atoms with E-state index in [4.69, 9.17) is 0 Å². The fourth-order valence-electron chi connectivity index (χ4n) is 4.95. The quantitative estimate of drug-likeness (QED) is 0.265. The molecule has 226 valence electrons. The van der Waals surface area contributed by atoms with Crippen LogP contribution in [0.25, 0.3) is 0 Å². The van der Waals surface area contributed by atoms with Crippen molar-refractivity contribution in [2.75, 3.05) is 48.3 Å². The van der Waals surface area contributed by atoms with Crippen LogP contribution in [0.3, 0.4) is 0 Å². The second kappa shape index (κ2) is 13.8. The number of aryl methyl sites for hydroxylation is 1. The highest BCUT2D eigenvalue weighted by Crippen LogP contribution is 2.21. The number of amides is 4. The van der Waals surface area contributed by atoms with Crippen molar-refractivity contribution in [3.63, 3.8) is 0 Å². The maximum absolute atomic E-state index is 14.4. The zero-order valence-electron chi connectivity index (χ0n) is 24.3. The Labute approximate surface area is 254 Å². The van der Waals surface area contributed by atoms with Crippen LogP contribution in [0.4, 0.5) is 30.6 Å². The normalized spacial score (nSPS) is 12.9. The lowest BCUT2D eigenvalue weighted by atomic mass is 10.1. The van der Waals surface area contributed by atoms with Gasteiger partial charge in [-0.1, -0.05) is 42.0 Å². The minimum absolute atomic E-state index is 0.00513. The van der Waals surface area contributed by atoms with Crippen molar-refractivity contribution >= 4 is 34.9 Å². The highest BCUT2D eigenvalue weighted by atomic mass is 19.1. The summed E-state index contributed by atoms with van der Waals surface area (Å²) >= 11 is 0. The van der Waals surface area contributed by atoms with Gasteiger partial charge in [0, 0.05) is 49.8 Å². The first-order valence-corrected chi connectivity index (χ1v) is 14.3. The summed E-state index contributed by atoms with van der Waals surface area (Å²) in [5.41, 5.74) is 3.82. The molecule has 1 aliphatic heterocycles. The van der Waals surface area contributed by atoms with Gasteiger partial charge >= 0.3 is 6.03 Å².